The molecule has 8 nitrogen and oxygen atoms in total. The van der Waals surface area contributed by atoms with E-state index < -0.39 is 23.8 Å². The Morgan fingerprint density at radius 1 is 1.22 bits per heavy atom. The molecule has 0 unspecified atom stereocenters. The van der Waals surface area contributed by atoms with Gasteiger partial charge in [-0.2, -0.15) is 5.10 Å². The number of aromatic amines is 1. The van der Waals surface area contributed by atoms with Gasteiger partial charge in [0.2, 0.25) is 0 Å². The number of carbonyl (C=O) groups is 1. The SMILES string of the molecule is Cc1nn(C)cc1-c1cc2c(C3CCN(C(=O)c4ccc(OC(F)(F)F)cc4N)CC3)c(F)cnc2[nH]1. The summed E-state index contributed by atoms with van der Waals surface area (Å²) in [5, 5.41) is 5.05. The number of amides is 1. The van der Waals surface area contributed by atoms with Crippen LogP contribution in [0.25, 0.3) is 22.3 Å². The van der Waals surface area contributed by atoms with Gasteiger partial charge in [-0.3, -0.25) is 9.48 Å². The van der Waals surface area contributed by atoms with Gasteiger partial charge in [0.05, 0.1) is 23.1 Å². The molecule has 3 aromatic heterocycles. The second kappa shape index (κ2) is 9.09. The minimum absolute atomic E-state index is 0.0903. The third-order valence-corrected chi connectivity index (χ3v) is 6.63. The Morgan fingerprint density at radius 3 is 2.57 bits per heavy atom. The number of nitrogens with zero attached hydrogens (tertiary/aromatic N) is 4. The minimum atomic E-state index is -4.86. The topological polar surface area (TPSA) is 102 Å². The Kier molecular flexibility index (Phi) is 6.04. The molecule has 0 aliphatic carbocycles. The second-order valence-corrected chi connectivity index (χ2v) is 9.13. The molecule has 1 aliphatic heterocycles. The number of H-pyrrole nitrogens is 1. The van der Waals surface area contributed by atoms with Crippen molar-refractivity contribution in [3.63, 3.8) is 0 Å². The third kappa shape index (κ3) is 4.83. The van der Waals surface area contributed by atoms with Crippen LogP contribution in [0.2, 0.25) is 0 Å². The molecule has 4 aromatic rings. The summed E-state index contributed by atoms with van der Waals surface area (Å²) in [6.07, 6.45) is -0.762. The van der Waals surface area contributed by atoms with Gasteiger partial charge in [-0.05, 0) is 43.9 Å². The maximum atomic E-state index is 15.0. The monoisotopic (exact) mass is 516 g/mol. The van der Waals surface area contributed by atoms with E-state index in [-0.39, 0.29) is 17.2 Å². The van der Waals surface area contributed by atoms with Crippen molar-refractivity contribution in [2.75, 3.05) is 18.8 Å². The summed E-state index contributed by atoms with van der Waals surface area (Å²) >= 11 is 0. The van der Waals surface area contributed by atoms with Crippen molar-refractivity contribution < 1.29 is 27.1 Å². The number of hydrogen-bond donors (Lipinski definition) is 2. The van der Waals surface area contributed by atoms with Gasteiger partial charge in [0.1, 0.15) is 17.2 Å². The van der Waals surface area contributed by atoms with E-state index in [0.717, 1.165) is 29.1 Å². The van der Waals surface area contributed by atoms with Gasteiger partial charge in [-0.25, -0.2) is 9.37 Å². The Balaban J connectivity index is 1.34. The van der Waals surface area contributed by atoms with E-state index in [1.165, 1.54) is 12.3 Å². The number of carbonyl (C=O) groups excluding carboxylic acids is 1. The first-order valence-electron chi connectivity index (χ1n) is 11.6. The van der Waals surface area contributed by atoms with Crippen LogP contribution in [-0.4, -0.2) is 50.0 Å². The lowest BCUT2D eigenvalue weighted by atomic mass is 9.87. The Morgan fingerprint density at radius 2 is 1.95 bits per heavy atom. The number of likely N-dealkylation sites (tertiary alicyclic amines) is 1. The molecule has 0 saturated carbocycles. The van der Waals surface area contributed by atoms with E-state index in [0.29, 0.717) is 42.5 Å². The highest BCUT2D eigenvalue weighted by Gasteiger charge is 2.32. The van der Waals surface area contributed by atoms with E-state index in [2.05, 4.69) is 19.8 Å². The highest BCUT2D eigenvalue weighted by Crippen LogP contribution is 2.37. The third-order valence-electron chi connectivity index (χ3n) is 6.63. The molecular formula is C25H24F4N6O2. The minimum Gasteiger partial charge on any atom is -0.406 e. The van der Waals surface area contributed by atoms with Gasteiger partial charge in [0.15, 0.2) is 0 Å². The van der Waals surface area contributed by atoms with Crippen LogP contribution >= 0.6 is 0 Å². The number of piperidine rings is 1. The molecule has 1 amide bonds. The van der Waals surface area contributed by atoms with Crippen molar-refractivity contribution >= 4 is 22.6 Å². The summed E-state index contributed by atoms with van der Waals surface area (Å²) in [6.45, 7) is 2.57. The highest BCUT2D eigenvalue weighted by atomic mass is 19.4. The summed E-state index contributed by atoms with van der Waals surface area (Å²) in [5.41, 5.74) is 9.48. The van der Waals surface area contributed by atoms with Crippen molar-refractivity contribution in [3.8, 4) is 17.0 Å². The smallest absolute Gasteiger partial charge is 0.406 e. The molecule has 0 radical (unpaired) electrons. The molecule has 1 aromatic carbocycles. The van der Waals surface area contributed by atoms with Crippen LogP contribution in [0.3, 0.4) is 0 Å². The van der Waals surface area contributed by atoms with Crippen LogP contribution in [0.1, 0.15) is 40.4 Å². The van der Waals surface area contributed by atoms with E-state index in [1.54, 1.807) is 9.58 Å². The Bertz CT molecular complexity index is 1480. The van der Waals surface area contributed by atoms with Crippen LogP contribution in [0.4, 0.5) is 23.2 Å². The Labute approximate surface area is 209 Å². The molecule has 1 saturated heterocycles. The molecule has 5 rings (SSSR count). The van der Waals surface area contributed by atoms with Gasteiger partial charge in [-0.1, -0.05) is 0 Å². The number of hydrogen-bond acceptors (Lipinski definition) is 5. The molecule has 0 atom stereocenters. The number of halogens is 4. The summed E-state index contributed by atoms with van der Waals surface area (Å²) < 4.78 is 58.0. The molecule has 1 fully saturated rings. The summed E-state index contributed by atoms with van der Waals surface area (Å²) in [6, 6.07) is 5.14. The second-order valence-electron chi connectivity index (χ2n) is 9.13. The standard InChI is InChI=1S/C25H24F4N6O2/c1-13-18(12-34(2)33-13)21-10-17-22(19(26)11-31-23(17)32-21)14-5-7-35(8-6-14)24(36)16-4-3-15(9-20(16)30)37-25(27,28)29/h3-4,9-12,14H,5-8,30H2,1-2H3,(H,31,32). The number of aryl methyl sites for hydroxylation is 2. The molecule has 1 aliphatic rings. The number of aromatic nitrogens is 4. The van der Waals surface area contributed by atoms with Crippen LogP contribution in [0.5, 0.6) is 5.75 Å². The molecule has 4 heterocycles. The molecule has 37 heavy (non-hydrogen) atoms. The lowest BCUT2D eigenvalue weighted by Gasteiger charge is -2.33. The predicted octanol–water partition coefficient (Wildman–Crippen LogP) is 4.91. The van der Waals surface area contributed by atoms with Gasteiger partial charge in [0, 0.05) is 54.6 Å². The number of nitrogens with two attached hydrogens (primary N) is 1. The molecule has 194 valence electrons. The maximum absolute atomic E-state index is 15.0. The zero-order valence-electron chi connectivity index (χ0n) is 20.1. The molecule has 0 spiro atoms. The molecule has 3 N–H and O–H groups in total. The fourth-order valence-corrected chi connectivity index (χ4v) is 4.97. The van der Waals surface area contributed by atoms with E-state index in [9.17, 15) is 18.0 Å². The van der Waals surface area contributed by atoms with Crippen molar-refractivity contribution in [3.05, 3.63) is 59.3 Å². The zero-order valence-corrected chi connectivity index (χ0v) is 20.1. The first kappa shape index (κ1) is 24.6. The number of alkyl halides is 3. The number of fused-ring (bicyclic) bond motifs is 1. The molecular weight excluding hydrogens is 492 g/mol. The maximum Gasteiger partial charge on any atom is 0.573 e. The van der Waals surface area contributed by atoms with Crippen LogP contribution in [-0.2, 0) is 7.05 Å². The van der Waals surface area contributed by atoms with Crippen molar-refractivity contribution in [1.29, 1.82) is 0 Å². The van der Waals surface area contributed by atoms with E-state index >= 15 is 4.39 Å². The van der Waals surface area contributed by atoms with Crippen LogP contribution in [0, 0.1) is 12.7 Å². The summed E-state index contributed by atoms with van der Waals surface area (Å²) in [5.74, 6) is -1.45. The quantitative estimate of drug-likeness (QED) is 0.296. The lowest BCUT2D eigenvalue weighted by Crippen LogP contribution is -2.38. The van der Waals surface area contributed by atoms with Crippen LogP contribution < -0.4 is 10.5 Å². The largest absolute Gasteiger partial charge is 0.573 e. The van der Waals surface area contributed by atoms with Gasteiger partial charge < -0.3 is 20.4 Å². The van der Waals surface area contributed by atoms with Gasteiger partial charge in [0.25, 0.3) is 5.91 Å². The summed E-state index contributed by atoms with van der Waals surface area (Å²) in [7, 11) is 1.83. The van der Waals surface area contributed by atoms with Gasteiger partial charge >= 0.3 is 6.36 Å². The first-order chi connectivity index (χ1) is 17.5. The normalized spacial score (nSPS) is 14.9. The first-order valence-corrected chi connectivity index (χ1v) is 11.6. The molecule has 12 heteroatoms. The van der Waals surface area contributed by atoms with Crippen molar-refractivity contribution in [1.82, 2.24) is 24.6 Å². The fourth-order valence-electron chi connectivity index (χ4n) is 4.97. The Hall–Kier alpha value is -4.09. The number of rotatable bonds is 4. The number of nitrogens with one attached hydrogen (secondary N) is 1. The zero-order chi connectivity index (χ0) is 26.5. The fraction of sp³-hybridized carbons (Fsp3) is 0.320. The average molecular weight is 516 g/mol. The number of benzene rings is 1. The van der Waals surface area contributed by atoms with Crippen molar-refractivity contribution in [2.24, 2.45) is 7.05 Å². The lowest BCUT2D eigenvalue weighted by molar-refractivity contribution is -0.274. The van der Waals surface area contributed by atoms with E-state index in [4.69, 9.17) is 5.73 Å². The number of ether oxygens (including phenoxy) is 1. The summed E-state index contributed by atoms with van der Waals surface area (Å²) in [4.78, 5) is 22.1. The average Bonchev–Trinajstić information content (AvgIpc) is 3.40. The van der Waals surface area contributed by atoms with Crippen LogP contribution in [0.15, 0.2) is 36.7 Å². The van der Waals surface area contributed by atoms with Gasteiger partial charge in [-0.15, -0.1) is 13.2 Å². The number of pyridine rings is 1. The molecule has 0 bridgehead atoms. The predicted molar refractivity (Wildman–Crippen MR) is 128 cm³/mol. The number of anilines is 1. The highest BCUT2D eigenvalue weighted by molar-refractivity contribution is 5.99. The number of nitrogen functional groups attached to an aromatic ring is 1. The van der Waals surface area contributed by atoms with Crippen molar-refractivity contribution in [2.45, 2.75) is 32.0 Å². The van der Waals surface area contributed by atoms with E-state index in [1.807, 2.05) is 26.2 Å².